The van der Waals surface area contributed by atoms with Gasteiger partial charge in [-0.05, 0) is 33.1 Å². The lowest BCUT2D eigenvalue weighted by Gasteiger charge is -2.20. The average Bonchev–Trinajstić information content (AvgIpc) is 2.33. The Hall–Kier alpha value is 0.200. The molecular formula is C9H15IO2. The third-order valence-electron chi connectivity index (χ3n) is 2.45. The monoisotopic (exact) mass is 282 g/mol. The van der Waals surface area contributed by atoms with E-state index in [0.717, 1.165) is 19.3 Å². The second-order valence-electron chi connectivity index (χ2n) is 3.62. The van der Waals surface area contributed by atoms with Crippen LogP contribution in [0.1, 0.15) is 33.1 Å². The molecule has 1 rings (SSSR count). The molecule has 1 saturated carbocycles. The number of alkyl halides is 1. The maximum Gasteiger partial charge on any atom is 0.311 e. The number of carbonyl (C=O) groups excluding carboxylic acids is 1. The summed E-state index contributed by atoms with van der Waals surface area (Å²) in [5.74, 6) is -0.0100. The highest BCUT2D eigenvalue weighted by Gasteiger charge is 2.41. The minimum absolute atomic E-state index is 0.0100. The molecule has 3 heteroatoms. The fraction of sp³-hybridized carbons (Fsp3) is 0.889. The van der Waals surface area contributed by atoms with Crippen molar-refractivity contribution < 1.29 is 9.53 Å². The summed E-state index contributed by atoms with van der Waals surface area (Å²) >= 11 is 2.41. The molecule has 1 aliphatic rings. The Morgan fingerprint density at radius 1 is 1.75 bits per heavy atom. The fourth-order valence-corrected chi connectivity index (χ4v) is 2.94. The molecule has 12 heavy (non-hydrogen) atoms. The van der Waals surface area contributed by atoms with Gasteiger partial charge in [0.25, 0.3) is 0 Å². The third-order valence-corrected chi connectivity index (χ3v) is 3.51. The third kappa shape index (κ3) is 2.12. The molecule has 0 spiro atoms. The summed E-state index contributed by atoms with van der Waals surface area (Å²) in [6.07, 6.45) is 3.11. The van der Waals surface area contributed by atoms with E-state index in [1.54, 1.807) is 0 Å². The maximum atomic E-state index is 11.5. The van der Waals surface area contributed by atoms with Crippen molar-refractivity contribution in [3.8, 4) is 0 Å². The molecule has 0 aromatic heterocycles. The lowest BCUT2D eigenvalue weighted by molar-refractivity contribution is -0.153. The van der Waals surface area contributed by atoms with Gasteiger partial charge in [0.2, 0.25) is 0 Å². The molecule has 0 amide bonds. The summed E-state index contributed by atoms with van der Waals surface area (Å²) in [4.78, 5) is 11.5. The van der Waals surface area contributed by atoms with Crippen LogP contribution in [0.25, 0.3) is 0 Å². The number of rotatable bonds is 2. The van der Waals surface area contributed by atoms with E-state index in [1.165, 1.54) is 0 Å². The Bertz CT molecular complexity index is 181. The molecule has 2 nitrogen and oxygen atoms in total. The van der Waals surface area contributed by atoms with Gasteiger partial charge in [-0.25, -0.2) is 0 Å². The fourth-order valence-electron chi connectivity index (χ4n) is 1.66. The summed E-state index contributed by atoms with van der Waals surface area (Å²) in [5, 5.41) is 0. The minimum Gasteiger partial charge on any atom is -0.466 e. The van der Waals surface area contributed by atoms with Gasteiger partial charge in [-0.3, -0.25) is 4.79 Å². The quantitative estimate of drug-likeness (QED) is 0.442. The van der Waals surface area contributed by atoms with Crippen molar-refractivity contribution in [1.82, 2.24) is 0 Å². The molecule has 70 valence electrons. The van der Waals surface area contributed by atoms with Crippen LogP contribution in [0.15, 0.2) is 0 Å². The van der Waals surface area contributed by atoms with Gasteiger partial charge in [0.05, 0.1) is 12.0 Å². The standard InChI is InChI=1S/C9H15IO2/c1-3-12-8(11)9(2)5-4-7(10)6-9/h7H,3-6H2,1-2H3. The molecule has 0 saturated heterocycles. The Morgan fingerprint density at radius 3 is 2.83 bits per heavy atom. The highest BCUT2D eigenvalue weighted by atomic mass is 127. The second-order valence-corrected chi connectivity index (χ2v) is 5.38. The average molecular weight is 282 g/mol. The number of hydrogen-bond donors (Lipinski definition) is 0. The summed E-state index contributed by atoms with van der Waals surface area (Å²) < 4.78 is 5.68. The van der Waals surface area contributed by atoms with Crippen LogP contribution < -0.4 is 0 Å². The van der Waals surface area contributed by atoms with Crippen molar-refractivity contribution in [1.29, 1.82) is 0 Å². The van der Waals surface area contributed by atoms with E-state index in [1.807, 2.05) is 13.8 Å². The second kappa shape index (κ2) is 3.94. The molecule has 0 N–H and O–H groups in total. The van der Waals surface area contributed by atoms with E-state index in [9.17, 15) is 4.79 Å². The van der Waals surface area contributed by atoms with Crippen molar-refractivity contribution in [3.63, 3.8) is 0 Å². The lowest BCUT2D eigenvalue weighted by Crippen LogP contribution is -2.27. The molecule has 0 aromatic rings. The molecule has 0 aromatic carbocycles. The van der Waals surface area contributed by atoms with Crippen LogP contribution in [0, 0.1) is 5.41 Å². The van der Waals surface area contributed by atoms with Gasteiger partial charge in [0, 0.05) is 3.92 Å². The predicted octanol–water partition coefficient (Wildman–Crippen LogP) is 2.54. The van der Waals surface area contributed by atoms with E-state index in [4.69, 9.17) is 4.74 Å². The smallest absolute Gasteiger partial charge is 0.311 e. The highest BCUT2D eigenvalue weighted by Crippen LogP contribution is 2.42. The van der Waals surface area contributed by atoms with Crippen LogP contribution >= 0.6 is 22.6 Å². The van der Waals surface area contributed by atoms with Gasteiger partial charge >= 0.3 is 5.97 Å². The predicted molar refractivity (Wildman–Crippen MR) is 56.4 cm³/mol. The van der Waals surface area contributed by atoms with Gasteiger partial charge in [-0.1, -0.05) is 22.6 Å². The molecule has 0 radical (unpaired) electrons. The topological polar surface area (TPSA) is 26.3 Å². The zero-order valence-corrected chi connectivity index (χ0v) is 9.76. The summed E-state index contributed by atoms with van der Waals surface area (Å²) in [7, 11) is 0. The van der Waals surface area contributed by atoms with Crippen molar-refractivity contribution in [3.05, 3.63) is 0 Å². The van der Waals surface area contributed by atoms with Gasteiger partial charge in [0.15, 0.2) is 0 Å². The van der Waals surface area contributed by atoms with Gasteiger partial charge in [-0.15, -0.1) is 0 Å². The van der Waals surface area contributed by atoms with E-state index in [-0.39, 0.29) is 11.4 Å². The first kappa shape index (κ1) is 10.3. The maximum absolute atomic E-state index is 11.5. The van der Waals surface area contributed by atoms with E-state index in [0.29, 0.717) is 10.5 Å². The van der Waals surface area contributed by atoms with Crippen molar-refractivity contribution in [2.45, 2.75) is 37.0 Å². The SMILES string of the molecule is CCOC(=O)C1(C)CCC(I)C1. The molecule has 2 atom stereocenters. The number of halogens is 1. The molecule has 0 bridgehead atoms. The van der Waals surface area contributed by atoms with Crippen LogP contribution in [0.2, 0.25) is 0 Å². The lowest BCUT2D eigenvalue weighted by atomic mass is 9.89. The number of esters is 1. The summed E-state index contributed by atoms with van der Waals surface area (Å²) in [5.41, 5.74) is -0.193. The van der Waals surface area contributed by atoms with Crippen molar-refractivity contribution in [2.75, 3.05) is 6.61 Å². The van der Waals surface area contributed by atoms with Gasteiger partial charge < -0.3 is 4.74 Å². The van der Waals surface area contributed by atoms with Crippen molar-refractivity contribution >= 4 is 28.6 Å². The zero-order valence-electron chi connectivity index (χ0n) is 7.60. The van der Waals surface area contributed by atoms with Gasteiger partial charge in [0.1, 0.15) is 0 Å². The Balaban J connectivity index is 2.54. The molecule has 1 fully saturated rings. The van der Waals surface area contributed by atoms with Crippen LogP contribution in [0.5, 0.6) is 0 Å². The van der Waals surface area contributed by atoms with Crippen LogP contribution in [0.3, 0.4) is 0 Å². The summed E-state index contributed by atoms with van der Waals surface area (Å²) in [6.45, 7) is 4.38. The zero-order chi connectivity index (χ0) is 9.19. The summed E-state index contributed by atoms with van der Waals surface area (Å²) in [6, 6.07) is 0. The number of carbonyl (C=O) groups is 1. The normalized spacial score (nSPS) is 35.1. The Labute approximate surface area is 87.2 Å². The minimum atomic E-state index is -0.193. The van der Waals surface area contributed by atoms with Crippen LogP contribution in [-0.2, 0) is 9.53 Å². The Kier molecular flexibility index (Phi) is 3.37. The number of hydrogen-bond acceptors (Lipinski definition) is 2. The Morgan fingerprint density at radius 2 is 2.42 bits per heavy atom. The molecule has 0 aliphatic heterocycles. The van der Waals surface area contributed by atoms with Crippen molar-refractivity contribution in [2.24, 2.45) is 5.41 Å². The van der Waals surface area contributed by atoms with Crippen LogP contribution in [-0.4, -0.2) is 16.5 Å². The highest BCUT2D eigenvalue weighted by molar-refractivity contribution is 14.1. The molecular weight excluding hydrogens is 267 g/mol. The van der Waals surface area contributed by atoms with Crippen LogP contribution in [0.4, 0.5) is 0 Å². The van der Waals surface area contributed by atoms with E-state index < -0.39 is 0 Å². The molecule has 0 heterocycles. The first-order valence-electron chi connectivity index (χ1n) is 4.40. The first-order chi connectivity index (χ1) is 5.58. The number of ether oxygens (including phenoxy) is 1. The first-order valence-corrected chi connectivity index (χ1v) is 5.64. The van der Waals surface area contributed by atoms with E-state index in [2.05, 4.69) is 22.6 Å². The van der Waals surface area contributed by atoms with E-state index >= 15 is 0 Å². The molecule has 2 unspecified atom stereocenters. The molecule has 1 aliphatic carbocycles. The largest absolute Gasteiger partial charge is 0.466 e. The van der Waals surface area contributed by atoms with Gasteiger partial charge in [-0.2, -0.15) is 0 Å².